The largest absolute Gasteiger partial charge is 0.335 e. The molecule has 1 saturated heterocycles. The van der Waals surface area contributed by atoms with Gasteiger partial charge in [-0.1, -0.05) is 60.7 Å². The second kappa shape index (κ2) is 7.84. The Hall–Kier alpha value is -3.31. The molecule has 5 nitrogen and oxygen atoms in total. The minimum Gasteiger partial charge on any atom is -0.335 e. The molecular formula is C25H25N5. The Labute approximate surface area is 176 Å². The first-order valence-corrected chi connectivity index (χ1v) is 10.5. The molecule has 2 aromatic carbocycles. The summed E-state index contributed by atoms with van der Waals surface area (Å²) in [5.74, 6) is 0.752. The molecule has 1 aliphatic rings. The first kappa shape index (κ1) is 18.7. The molecule has 3 heterocycles. The molecular weight excluding hydrogens is 370 g/mol. The zero-order valence-electron chi connectivity index (χ0n) is 17.3. The summed E-state index contributed by atoms with van der Waals surface area (Å²) in [4.78, 5) is 16.9. The smallest absolute Gasteiger partial charge is 0.227 e. The van der Waals surface area contributed by atoms with Crippen LogP contribution in [-0.4, -0.2) is 40.1 Å². The van der Waals surface area contributed by atoms with Gasteiger partial charge in [0.2, 0.25) is 5.95 Å². The summed E-state index contributed by atoms with van der Waals surface area (Å²) >= 11 is 0. The number of aromatic nitrogens is 3. The third kappa shape index (κ3) is 3.53. The van der Waals surface area contributed by atoms with Crippen LogP contribution < -0.4 is 10.2 Å². The molecule has 1 aliphatic heterocycles. The zero-order valence-corrected chi connectivity index (χ0v) is 17.3. The highest BCUT2D eigenvalue weighted by atomic mass is 15.3. The molecule has 0 radical (unpaired) electrons. The van der Waals surface area contributed by atoms with Crippen LogP contribution in [0.5, 0.6) is 0 Å². The number of pyridine rings is 1. The van der Waals surface area contributed by atoms with Crippen LogP contribution in [-0.2, 0) is 0 Å². The molecule has 5 heteroatoms. The summed E-state index contributed by atoms with van der Waals surface area (Å²) < 4.78 is 0. The molecule has 0 saturated carbocycles. The molecule has 2 atom stereocenters. The molecule has 2 aromatic heterocycles. The van der Waals surface area contributed by atoms with E-state index < -0.39 is 0 Å². The van der Waals surface area contributed by atoms with Gasteiger partial charge < -0.3 is 10.2 Å². The minimum atomic E-state index is 0.343. The summed E-state index contributed by atoms with van der Waals surface area (Å²) in [5, 5.41) is 4.46. The van der Waals surface area contributed by atoms with Gasteiger partial charge in [-0.3, -0.25) is 0 Å². The molecule has 0 spiro atoms. The predicted molar refractivity (Wildman–Crippen MR) is 122 cm³/mol. The molecule has 30 heavy (non-hydrogen) atoms. The van der Waals surface area contributed by atoms with E-state index in [-0.39, 0.29) is 0 Å². The number of rotatable bonds is 3. The van der Waals surface area contributed by atoms with Crippen molar-refractivity contribution in [1.82, 2.24) is 20.3 Å². The van der Waals surface area contributed by atoms with Gasteiger partial charge in [-0.05, 0) is 25.5 Å². The van der Waals surface area contributed by atoms with E-state index in [1.807, 2.05) is 30.5 Å². The van der Waals surface area contributed by atoms with Crippen LogP contribution in [0.1, 0.15) is 13.8 Å². The Kier molecular flexibility index (Phi) is 4.89. The highest BCUT2D eigenvalue weighted by Crippen LogP contribution is 2.33. The molecule has 0 aliphatic carbocycles. The SMILES string of the molecule is CC1CN(c2ncc3cc(-c4ccccc4)c(-c4ccccc4)nc3n2)C(C)CN1. The first-order chi connectivity index (χ1) is 14.7. The maximum absolute atomic E-state index is 5.03. The topological polar surface area (TPSA) is 53.9 Å². The molecule has 2 unspecified atom stereocenters. The van der Waals surface area contributed by atoms with Gasteiger partial charge in [0, 0.05) is 47.9 Å². The van der Waals surface area contributed by atoms with Gasteiger partial charge in [-0.2, -0.15) is 4.98 Å². The van der Waals surface area contributed by atoms with Crippen molar-refractivity contribution < 1.29 is 0 Å². The van der Waals surface area contributed by atoms with Crippen LogP contribution in [0, 0.1) is 0 Å². The summed E-state index contributed by atoms with van der Waals surface area (Å²) in [7, 11) is 0. The fraction of sp³-hybridized carbons (Fsp3) is 0.240. The number of hydrogen-bond acceptors (Lipinski definition) is 5. The number of piperazine rings is 1. The zero-order chi connectivity index (χ0) is 20.5. The number of anilines is 1. The second-order valence-corrected chi connectivity index (χ2v) is 8.01. The van der Waals surface area contributed by atoms with E-state index in [1.54, 1.807) is 0 Å². The molecule has 4 aromatic rings. The van der Waals surface area contributed by atoms with Crippen molar-refractivity contribution in [2.24, 2.45) is 0 Å². The molecule has 1 N–H and O–H groups in total. The van der Waals surface area contributed by atoms with Crippen LogP contribution in [0.4, 0.5) is 5.95 Å². The number of nitrogens with zero attached hydrogens (tertiary/aromatic N) is 4. The maximum Gasteiger partial charge on any atom is 0.227 e. The van der Waals surface area contributed by atoms with Crippen molar-refractivity contribution in [2.45, 2.75) is 25.9 Å². The summed E-state index contributed by atoms with van der Waals surface area (Å²) in [6, 6.07) is 23.6. The van der Waals surface area contributed by atoms with E-state index in [4.69, 9.17) is 15.0 Å². The Morgan fingerprint density at radius 3 is 2.33 bits per heavy atom. The summed E-state index contributed by atoms with van der Waals surface area (Å²) in [6.45, 7) is 6.21. The average molecular weight is 396 g/mol. The lowest BCUT2D eigenvalue weighted by molar-refractivity contribution is 0.420. The molecule has 0 amide bonds. The van der Waals surface area contributed by atoms with Crippen LogP contribution in [0.2, 0.25) is 0 Å². The van der Waals surface area contributed by atoms with Crippen molar-refractivity contribution in [2.75, 3.05) is 18.0 Å². The lowest BCUT2D eigenvalue weighted by atomic mass is 9.98. The third-order valence-electron chi connectivity index (χ3n) is 5.71. The molecule has 1 fully saturated rings. The monoisotopic (exact) mass is 395 g/mol. The van der Waals surface area contributed by atoms with E-state index in [0.29, 0.717) is 12.1 Å². The van der Waals surface area contributed by atoms with Gasteiger partial charge in [-0.25, -0.2) is 9.97 Å². The van der Waals surface area contributed by atoms with E-state index in [9.17, 15) is 0 Å². The standard InChI is InChI=1S/C25H25N5/c1-17-16-30(18(2)14-26-17)25-27-15-21-13-22(19-9-5-3-6-10-19)23(28-24(21)29-25)20-11-7-4-8-12-20/h3-13,15,17-18,26H,14,16H2,1-2H3. The number of nitrogens with one attached hydrogen (secondary N) is 1. The van der Waals surface area contributed by atoms with Crippen molar-refractivity contribution in [3.63, 3.8) is 0 Å². The van der Waals surface area contributed by atoms with Gasteiger partial charge in [0.15, 0.2) is 5.65 Å². The van der Waals surface area contributed by atoms with E-state index in [2.05, 4.69) is 66.5 Å². The fourth-order valence-electron chi connectivity index (χ4n) is 4.05. The molecule has 150 valence electrons. The second-order valence-electron chi connectivity index (χ2n) is 8.01. The Bertz CT molecular complexity index is 1160. The normalized spacial score (nSPS) is 19.2. The van der Waals surface area contributed by atoms with Crippen molar-refractivity contribution in [3.05, 3.63) is 72.9 Å². The van der Waals surface area contributed by atoms with Crippen LogP contribution in [0.15, 0.2) is 72.9 Å². The summed E-state index contributed by atoms with van der Waals surface area (Å²) in [6.07, 6.45) is 1.91. The highest BCUT2D eigenvalue weighted by Gasteiger charge is 2.25. The quantitative estimate of drug-likeness (QED) is 0.552. The van der Waals surface area contributed by atoms with E-state index >= 15 is 0 Å². The van der Waals surface area contributed by atoms with E-state index in [0.717, 1.165) is 52.5 Å². The molecule has 0 bridgehead atoms. The average Bonchev–Trinajstić information content (AvgIpc) is 2.80. The van der Waals surface area contributed by atoms with Crippen LogP contribution in [0.25, 0.3) is 33.4 Å². The predicted octanol–water partition coefficient (Wildman–Crippen LogP) is 4.55. The highest BCUT2D eigenvalue weighted by molar-refractivity contribution is 5.90. The number of hydrogen-bond donors (Lipinski definition) is 1. The lowest BCUT2D eigenvalue weighted by Crippen LogP contribution is -2.55. The van der Waals surface area contributed by atoms with Gasteiger partial charge >= 0.3 is 0 Å². The third-order valence-corrected chi connectivity index (χ3v) is 5.71. The Balaban J connectivity index is 1.66. The van der Waals surface area contributed by atoms with Crippen molar-refractivity contribution in [3.8, 4) is 22.4 Å². The summed E-state index contributed by atoms with van der Waals surface area (Å²) in [5.41, 5.74) is 4.99. The number of benzene rings is 2. The van der Waals surface area contributed by atoms with Crippen LogP contribution >= 0.6 is 0 Å². The van der Waals surface area contributed by atoms with Crippen molar-refractivity contribution in [1.29, 1.82) is 0 Å². The first-order valence-electron chi connectivity index (χ1n) is 10.5. The van der Waals surface area contributed by atoms with Gasteiger partial charge in [0.1, 0.15) is 0 Å². The fourth-order valence-corrected chi connectivity index (χ4v) is 4.05. The van der Waals surface area contributed by atoms with Crippen molar-refractivity contribution >= 4 is 17.0 Å². The Morgan fingerprint density at radius 1 is 0.900 bits per heavy atom. The minimum absolute atomic E-state index is 0.343. The van der Waals surface area contributed by atoms with Gasteiger partial charge in [0.05, 0.1) is 5.69 Å². The van der Waals surface area contributed by atoms with E-state index in [1.165, 1.54) is 0 Å². The Morgan fingerprint density at radius 2 is 1.60 bits per heavy atom. The lowest BCUT2D eigenvalue weighted by Gasteiger charge is -2.37. The number of fused-ring (bicyclic) bond motifs is 1. The van der Waals surface area contributed by atoms with Gasteiger partial charge in [0.25, 0.3) is 0 Å². The van der Waals surface area contributed by atoms with Crippen LogP contribution in [0.3, 0.4) is 0 Å². The molecule has 5 rings (SSSR count). The maximum atomic E-state index is 5.03. The van der Waals surface area contributed by atoms with Gasteiger partial charge in [-0.15, -0.1) is 0 Å².